The molecule has 2 heterocycles. The Morgan fingerprint density at radius 3 is 2.64 bits per heavy atom. The van der Waals surface area contributed by atoms with Gasteiger partial charge in [-0.1, -0.05) is 11.6 Å². The van der Waals surface area contributed by atoms with Crippen molar-refractivity contribution < 1.29 is 0 Å². The van der Waals surface area contributed by atoms with Crippen LogP contribution in [0.15, 0.2) is 24.5 Å². The van der Waals surface area contributed by atoms with Gasteiger partial charge < -0.3 is 5.32 Å². The molecule has 0 amide bonds. The van der Waals surface area contributed by atoms with Gasteiger partial charge in [0.05, 0.1) is 27.3 Å². The molecule has 0 atom stereocenters. The molecule has 0 aliphatic heterocycles. The number of nitrogens with zero attached hydrogens (tertiary/aromatic N) is 2. The smallest absolute Gasteiger partial charge is 0.144 e. The number of thiophene rings is 1. The number of nitrogens with one attached hydrogen (secondary N) is 1. The molecule has 3 nitrogen and oxygen atoms in total. The summed E-state index contributed by atoms with van der Waals surface area (Å²) < 4.78 is 0.763. The van der Waals surface area contributed by atoms with Crippen molar-refractivity contribution in [3.05, 3.63) is 28.9 Å². The van der Waals surface area contributed by atoms with E-state index >= 15 is 0 Å². The lowest BCUT2D eigenvalue weighted by Gasteiger charge is -1.98. The van der Waals surface area contributed by atoms with Crippen LogP contribution in [-0.4, -0.2) is 17.0 Å². The van der Waals surface area contributed by atoms with Crippen molar-refractivity contribution in [1.29, 1.82) is 0 Å². The lowest BCUT2D eigenvalue weighted by Crippen LogP contribution is -1.93. The summed E-state index contributed by atoms with van der Waals surface area (Å²) in [7, 11) is 1.81. The number of aromatic nitrogens is 2. The van der Waals surface area contributed by atoms with Crippen LogP contribution in [0.5, 0.6) is 0 Å². The first-order valence-electron chi connectivity index (χ1n) is 4.05. The highest BCUT2D eigenvalue weighted by Gasteiger charge is 2.02. The minimum Gasteiger partial charge on any atom is -0.372 e. The predicted octanol–water partition coefficient (Wildman–Crippen LogP) is 2.90. The molecule has 2 aromatic heterocycles. The Kier molecular flexibility index (Phi) is 2.65. The standard InChI is InChI=1S/C9H8ClN3S/c1-11-9-5-12-6(4-13-9)7-2-3-8(10)14-7/h2-5H,1H3,(H,11,13). The van der Waals surface area contributed by atoms with Crippen molar-refractivity contribution in [2.24, 2.45) is 0 Å². The van der Waals surface area contributed by atoms with Crippen molar-refractivity contribution in [2.45, 2.75) is 0 Å². The van der Waals surface area contributed by atoms with E-state index in [0.717, 1.165) is 20.7 Å². The minimum atomic E-state index is 0.761. The van der Waals surface area contributed by atoms with Crippen molar-refractivity contribution in [3.63, 3.8) is 0 Å². The van der Waals surface area contributed by atoms with Crippen LogP contribution in [0.4, 0.5) is 5.82 Å². The van der Waals surface area contributed by atoms with Gasteiger partial charge in [0.25, 0.3) is 0 Å². The van der Waals surface area contributed by atoms with E-state index in [2.05, 4.69) is 15.3 Å². The Bertz CT molecular complexity index is 424. The van der Waals surface area contributed by atoms with Crippen LogP contribution in [0.2, 0.25) is 4.34 Å². The van der Waals surface area contributed by atoms with Gasteiger partial charge in [-0.3, -0.25) is 0 Å². The first-order chi connectivity index (χ1) is 6.79. The van der Waals surface area contributed by atoms with Crippen molar-refractivity contribution in [1.82, 2.24) is 9.97 Å². The molecule has 0 spiro atoms. The zero-order valence-corrected chi connectivity index (χ0v) is 9.06. The molecule has 0 aromatic carbocycles. The molecule has 14 heavy (non-hydrogen) atoms. The second-order valence-electron chi connectivity index (χ2n) is 2.64. The van der Waals surface area contributed by atoms with Gasteiger partial charge in [0, 0.05) is 7.05 Å². The highest BCUT2D eigenvalue weighted by Crippen LogP contribution is 2.29. The second kappa shape index (κ2) is 3.94. The topological polar surface area (TPSA) is 37.8 Å². The Labute approximate surface area is 90.8 Å². The first kappa shape index (κ1) is 9.43. The van der Waals surface area contributed by atoms with Crippen molar-refractivity contribution >= 4 is 28.8 Å². The molecule has 0 bridgehead atoms. The van der Waals surface area contributed by atoms with Crippen LogP contribution >= 0.6 is 22.9 Å². The Hall–Kier alpha value is -1.13. The summed E-state index contributed by atoms with van der Waals surface area (Å²) in [6, 6.07) is 3.80. The number of hydrogen-bond donors (Lipinski definition) is 1. The second-order valence-corrected chi connectivity index (χ2v) is 4.36. The molecule has 0 unspecified atom stereocenters. The predicted molar refractivity (Wildman–Crippen MR) is 59.9 cm³/mol. The van der Waals surface area contributed by atoms with E-state index in [4.69, 9.17) is 11.6 Å². The summed E-state index contributed by atoms with van der Waals surface area (Å²) in [5.41, 5.74) is 0.848. The maximum absolute atomic E-state index is 5.83. The molecule has 0 radical (unpaired) electrons. The number of rotatable bonds is 2. The molecule has 0 saturated heterocycles. The van der Waals surface area contributed by atoms with Gasteiger partial charge in [-0.05, 0) is 12.1 Å². The summed E-state index contributed by atoms with van der Waals surface area (Å²) in [5, 5.41) is 2.91. The fourth-order valence-corrected chi connectivity index (χ4v) is 2.04. The average Bonchev–Trinajstić information content (AvgIpc) is 2.65. The summed E-state index contributed by atoms with van der Waals surface area (Å²) in [5.74, 6) is 0.761. The maximum atomic E-state index is 5.83. The van der Waals surface area contributed by atoms with Crippen LogP contribution in [0.3, 0.4) is 0 Å². The third-order valence-corrected chi connectivity index (χ3v) is 2.99. The van der Waals surface area contributed by atoms with E-state index in [1.165, 1.54) is 11.3 Å². The summed E-state index contributed by atoms with van der Waals surface area (Å²) in [6.07, 6.45) is 3.43. The monoisotopic (exact) mass is 225 g/mol. The van der Waals surface area contributed by atoms with Gasteiger partial charge in [0.1, 0.15) is 5.82 Å². The van der Waals surface area contributed by atoms with Gasteiger partial charge in [-0.2, -0.15) is 0 Å². The van der Waals surface area contributed by atoms with E-state index in [-0.39, 0.29) is 0 Å². The molecule has 0 fully saturated rings. The van der Waals surface area contributed by atoms with E-state index in [0.29, 0.717) is 0 Å². The fourth-order valence-electron chi connectivity index (χ4n) is 1.04. The first-order valence-corrected chi connectivity index (χ1v) is 5.24. The lowest BCUT2D eigenvalue weighted by atomic mass is 10.3. The van der Waals surface area contributed by atoms with E-state index in [9.17, 15) is 0 Å². The van der Waals surface area contributed by atoms with Gasteiger partial charge in [-0.25, -0.2) is 9.97 Å². The molecule has 2 aromatic rings. The molecule has 1 N–H and O–H groups in total. The van der Waals surface area contributed by atoms with E-state index in [1.807, 2.05) is 19.2 Å². The molecule has 0 saturated carbocycles. The molecular formula is C9H8ClN3S. The fraction of sp³-hybridized carbons (Fsp3) is 0.111. The normalized spacial score (nSPS) is 10.1. The SMILES string of the molecule is CNc1cnc(-c2ccc(Cl)s2)cn1. The Balaban J connectivity index is 2.33. The molecule has 2 rings (SSSR count). The summed E-state index contributed by atoms with van der Waals surface area (Å²) in [6.45, 7) is 0. The molecule has 0 aliphatic rings. The van der Waals surface area contributed by atoms with Crippen LogP contribution < -0.4 is 5.32 Å². The van der Waals surface area contributed by atoms with Crippen LogP contribution in [0.1, 0.15) is 0 Å². The average molecular weight is 226 g/mol. The third-order valence-electron chi connectivity index (χ3n) is 1.73. The molecule has 0 aliphatic carbocycles. The molecule has 5 heteroatoms. The van der Waals surface area contributed by atoms with Crippen LogP contribution in [-0.2, 0) is 0 Å². The summed E-state index contributed by atoms with van der Waals surface area (Å²) >= 11 is 7.32. The third kappa shape index (κ3) is 1.86. The highest BCUT2D eigenvalue weighted by molar-refractivity contribution is 7.19. The Morgan fingerprint density at radius 1 is 1.29 bits per heavy atom. The quantitative estimate of drug-likeness (QED) is 0.854. The zero-order chi connectivity index (χ0) is 9.97. The number of hydrogen-bond acceptors (Lipinski definition) is 4. The van der Waals surface area contributed by atoms with Crippen molar-refractivity contribution in [2.75, 3.05) is 12.4 Å². The molecule has 72 valence electrons. The lowest BCUT2D eigenvalue weighted by molar-refractivity contribution is 1.20. The van der Waals surface area contributed by atoms with Gasteiger partial charge in [-0.15, -0.1) is 11.3 Å². The largest absolute Gasteiger partial charge is 0.372 e. The highest BCUT2D eigenvalue weighted by atomic mass is 35.5. The van der Waals surface area contributed by atoms with Crippen molar-refractivity contribution in [3.8, 4) is 10.6 Å². The van der Waals surface area contributed by atoms with Gasteiger partial charge >= 0.3 is 0 Å². The van der Waals surface area contributed by atoms with Gasteiger partial charge in [0.15, 0.2) is 0 Å². The summed E-state index contributed by atoms with van der Waals surface area (Å²) in [4.78, 5) is 9.47. The van der Waals surface area contributed by atoms with Crippen LogP contribution in [0, 0.1) is 0 Å². The number of halogens is 1. The zero-order valence-electron chi connectivity index (χ0n) is 7.49. The molecular weight excluding hydrogens is 218 g/mol. The van der Waals surface area contributed by atoms with E-state index in [1.54, 1.807) is 12.4 Å². The van der Waals surface area contributed by atoms with Gasteiger partial charge in [0.2, 0.25) is 0 Å². The van der Waals surface area contributed by atoms with Crippen LogP contribution in [0.25, 0.3) is 10.6 Å². The minimum absolute atomic E-state index is 0.761. The number of anilines is 1. The maximum Gasteiger partial charge on any atom is 0.144 e. The van der Waals surface area contributed by atoms with E-state index < -0.39 is 0 Å². The Morgan fingerprint density at radius 2 is 2.14 bits per heavy atom.